The maximum Gasteiger partial charge on any atom is 0.189 e. The molecule has 10 heteroatoms. The third kappa shape index (κ3) is 7.02. The van der Waals surface area contributed by atoms with Crippen LogP contribution in [0.4, 0.5) is 4.39 Å². The van der Waals surface area contributed by atoms with E-state index in [0.29, 0.717) is 38.3 Å². The molecule has 0 amide bonds. The largest absolute Gasteiger partial charge is 0.396 e. The van der Waals surface area contributed by atoms with Gasteiger partial charge in [0, 0.05) is 32.2 Å². The minimum Gasteiger partial charge on any atom is -0.396 e. The smallest absolute Gasteiger partial charge is 0.189 e. The Hall–Kier alpha value is -3.02. The first-order valence-corrected chi connectivity index (χ1v) is 12.1. The second kappa shape index (κ2) is 12.8. The molecule has 1 aromatic heterocycles. The molecule has 0 saturated carbocycles. The Labute approximate surface area is 209 Å². The first-order valence-electron chi connectivity index (χ1n) is 12.1. The van der Waals surface area contributed by atoms with E-state index in [9.17, 15) is 14.3 Å². The molecule has 2 heterocycles. The zero-order valence-electron chi connectivity index (χ0n) is 20.0. The number of aliphatic imine (C=N–C) groups is 1. The highest BCUT2D eigenvalue weighted by Gasteiger charge is 2.43. The van der Waals surface area contributed by atoms with Gasteiger partial charge >= 0.3 is 0 Å². The Morgan fingerprint density at radius 3 is 2.83 bits per heavy atom. The van der Waals surface area contributed by atoms with Gasteiger partial charge in [0.2, 0.25) is 0 Å². The molecular formula is C26H32FN5O4. The lowest BCUT2D eigenvalue weighted by Gasteiger charge is -2.32. The van der Waals surface area contributed by atoms with Crippen molar-refractivity contribution in [2.24, 2.45) is 4.99 Å². The van der Waals surface area contributed by atoms with Crippen LogP contribution in [0.1, 0.15) is 30.5 Å². The first kappa shape index (κ1) is 26.1. The normalized spacial score (nSPS) is 24.2. The monoisotopic (exact) mass is 497 g/mol. The van der Waals surface area contributed by atoms with Crippen LogP contribution in [-0.4, -0.2) is 69.6 Å². The molecule has 4 atom stereocenters. The highest BCUT2D eigenvalue weighted by Crippen LogP contribution is 2.24. The molecule has 0 bridgehead atoms. The van der Waals surface area contributed by atoms with Gasteiger partial charge in [-0.15, -0.1) is 0 Å². The fourth-order valence-corrected chi connectivity index (χ4v) is 4.25. The Balaban J connectivity index is 1.62. The molecule has 1 aromatic carbocycles. The van der Waals surface area contributed by atoms with E-state index in [2.05, 4.69) is 15.6 Å². The number of pyridine rings is 1. The standard InChI is InChI=1S/C26H32FN5O4/c27-19-10-8-18(9-11-19)17-32-23(25(35)29-13-4-14-33)24(30-16-20-5-1-2-12-28-20)31-26(32)36-22-7-3-6-21(34)15-22/h1-3,5,7-12,22-23,25-26,29,33,35H,4,6,13-17H2,(H,30,31). The van der Waals surface area contributed by atoms with Gasteiger partial charge in [0.05, 0.1) is 18.3 Å². The van der Waals surface area contributed by atoms with Crippen LogP contribution < -0.4 is 10.6 Å². The molecule has 2 aliphatic rings. The van der Waals surface area contributed by atoms with Crippen molar-refractivity contribution in [2.45, 2.75) is 57.1 Å². The van der Waals surface area contributed by atoms with Crippen molar-refractivity contribution in [3.8, 4) is 0 Å². The quantitative estimate of drug-likeness (QED) is 0.209. The third-order valence-corrected chi connectivity index (χ3v) is 6.04. The third-order valence-electron chi connectivity index (χ3n) is 6.04. The Kier molecular flexibility index (Phi) is 9.26. The SMILES string of the molecule is O=C1CC=CC(OC2NC(=NCc3ccccn3)C(C(O)NCCCO)N2Cc2ccc(F)cc2)C1. The Bertz CT molecular complexity index is 1050. The number of hydrogen-bond donors (Lipinski definition) is 4. The van der Waals surface area contributed by atoms with Gasteiger partial charge in [-0.1, -0.05) is 30.4 Å². The van der Waals surface area contributed by atoms with E-state index in [1.165, 1.54) is 12.1 Å². The lowest BCUT2D eigenvalue weighted by Crippen LogP contribution is -2.52. The molecule has 4 unspecified atom stereocenters. The summed E-state index contributed by atoms with van der Waals surface area (Å²) in [6, 6.07) is 11.1. The number of carbonyl (C=O) groups is 1. The summed E-state index contributed by atoms with van der Waals surface area (Å²) in [5, 5.41) is 26.6. The number of carbonyl (C=O) groups excluding carboxylic acids is 1. The molecule has 0 radical (unpaired) electrons. The summed E-state index contributed by atoms with van der Waals surface area (Å²) >= 11 is 0. The lowest BCUT2D eigenvalue weighted by molar-refractivity contribution is -0.129. The molecule has 1 aliphatic carbocycles. The van der Waals surface area contributed by atoms with Gasteiger partial charge in [-0.2, -0.15) is 0 Å². The van der Waals surface area contributed by atoms with Gasteiger partial charge in [-0.25, -0.2) is 9.29 Å². The minimum atomic E-state index is -1.04. The average Bonchev–Trinajstić information content (AvgIpc) is 3.21. The molecule has 1 fully saturated rings. The molecule has 0 spiro atoms. The number of aromatic nitrogens is 1. The number of Topliss-reactive ketones (excluding diaryl/α,β-unsaturated/α-hetero) is 1. The summed E-state index contributed by atoms with van der Waals surface area (Å²) in [7, 11) is 0. The summed E-state index contributed by atoms with van der Waals surface area (Å²) in [6.07, 6.45) is 4.34. The average molecular weight is 498 g/mol. The minimum absolute atomic E-state index is 0.00364. The van der Waals surface area contributed by atoms with E-state index >= 15 is 0 Å². The number of aliphatic hydroxyl groups is 2. The second-order valence-corrected chi connectivity index (χ2v) is 8.79. The van der Waals surface area contributed by atoms with E-state index in [1.807, 2.05) is 29.2 Å². The topological polar surface area (TPSA) is 119 Å². The van der Waals surface area contributed by atoms with Gasteiger partial charge in [-0.3, -0.25) is 20.1 Å². The van der Waals surface area contributed by atoms with Crippen molar-refractivity contribution in [3.63, 3.8) is 0 Å². The predicted molar refractivity (Wildman–Crippen MR) is 132 cm³/mol. The number of hydrogen-bond acceptors (Lipinski definition) is 8. The van der Waals surface area contributed by atoms with E-state index in [1.54, 1.807) is 24.4 Å². The number of aliphatic hydroxyl groups excluding tert-OH is 2. The number of ketones is 1. The van der Waals surface area contributed by atoms with Crippen LogP contribution in [-0.2, 0) is 22.6 Å². The number of amidine groups is 1. The van der Waals surface area contributed by atoms with Crippen LogP contribution in [0.2, 0.25) is 0 Å². The number of nitrogens with zero attached hydrogens (tertiary/aromatic N) is 3. The van der Waals surface area contributed by atoms with Gasteiger partial charge in [-0.05, 0) is 42.8 Å². The van der Waals surface area contributed by atoms with Crippen LogP contribution >= 0.6 is 0 Å². The molecular weight excluding hydrogens is 465 g/mol. The van der Waals surface area contributed by atoms with Crippen molar-refractivity contribution in [1.82, 2.24) is 20.5 Å². The molecule has 2 aromatic rings. The van der Waals surface area contributed by atoms with Crippen molar-refractivity contribution < 1.29 is 24.1 Å². The van der Waals surface area contributed by atoms with Gasteiger partial charge in [0.25, 0.3) is 0 Å². The summed E-state index contributed by atoms with van der Waals surface area (Å²) in [5.74, 6) is 0.261. The summed E-state index contributed by atoms with van der Waals surface area (Å²) < 4.78 is 19.8. The lowest BCUT2D eigenvalue weighted by atomic mass is 10.0. The van der Waals surface area contributed by atoms with Gasteiger partial charge in [0.1, 0.15) is 29.7 Å². The molecule has 1 aliphatic heterocycles. The molecule has 4 rings (SSSR count). The van der Waals surface area contributed by atoms with E-state index in [0.717, 1.165) is 11.3 Å². The van der Waals surface area contributed by atoms with Crippen LogP contribution in [0.5, 0.6) is 0 Å². The van der Waals surface area contributed by atoms with E-state index in [-0.39, 0.29) is 24.6 Å². The Morgan fingerprint density at radius 2 is 2.11 bits per heavy atom. The maximum absolute atomic E-state index is 13.5. The van der Waals surface area contributed by atoms with Crippen LogP contribution in [0.25, 0.3) is 0 Å². The summed E-state index contributed by atoms with van der Waals surface area (Å²) in [4.78, 5) is 22.9. The number of ether oxygens (including phenoxy) is 1. The van der Waals surface area contributed by atoms with Crippen molar-refractivity contribution >= 4 is 11.6 Å². The number of allylic oxidation sites excluding steroid dienone is 1. The molecule has 4 N–H and O–H groups in total. The van der Waals surface area contributed by atoms with Crippen molar-refractivity contribution in [1.29, 1.82) is 0 Å². The van der Waals surface area contributed by atoms with E-state index in [4.69, 9.17) is 14.8 Å². The molecule has 36 heavy (non-hydrogen) atoms. The summed E-state index contributed by atoms with van der Waals surface area (Å²) in [6.45, 7) is 1.02. The highest BCUT2D eigenvalue weighted by molar-refractivity contribution is 5.90. The van der Waals surface area contributed by atoms with Gasteiger partial charge < -0.3 is 20.3 Å². The number of benzene rings is 1. The number of halogens is 1. The zero-order chi connectivity index (χ0) is 25.3. The Morgan fingerprint density at radius 1 is 1.28 bits per heavy atom. The van der Waals surface area contributed by atoms with Gasteiger partial charge in [0.15, 0.2) is 6.35 Å². The van der Waals surface area contributed by atoms with Crippen molar-refractivity contribution in [3.05, 3.63) is 77.9 Å². The van der Waals surface area contributed by atoms with E-state index < -0.39 is 24.7 Å². The number of rotatable bonds is 11. The predicted octanol–water partition coefficient (Wildman–Crippen LogP) is 1.47. The molecule has 9 nitrogen and oxygen atoms in total. The fraction of sp³-hybridized carbons (Fsp3) is 0.423. The van der Waals surface area contributed by atoms with Crippen LogP contribution in [0, 0.1) is 5.82 Å². The zero-order valence-corrected chi connectivity index (χ0v) is 20.0. The van der Waals surface area contributed by atoms with Crippen LogP contribution in [0.3, 0.4) is 0 Å². The summed E-state index contributed by atoms with van der Waals surface area (Å²) in [5.41, 5.74) is 1.59. The van der Waals surface area contributed by atoms with Crippen LogP contribution in [0.15, 0.2) is 65.8 Å². The first-order chi connectivity index (χ1) is 17.5. The van der Waals surface area contributed by atoms with Crippen molar-refractivity contribution in [2.75, 3.05) is 13.2 Å². The number of nitrogens with one attached hydrogen (secondary N) is 2. The highest BCUT2D eigenvalue weighted by atomic mass is 19.1. The maximum atomic E-state index is 13.5. The second-order valence-electron chi connectivity index (χ2n) is 8.79. The molecule has 192 valence electrons. The fourth-order valence-electron chi connectivity index (χ4n) is 4.25. The molecule has 1 saturated heterocycles.